The van der Waals surface area contributed by atoms with Crippen LogP contribution in [0.3, 0.4) is 0 Å². The summed E-state index contributed by atoms with van der Waals surface area (Å²) in [7, 11) is 1.66. The van der Waals surface area contributed by atoms with Gasteiger partial charge in [0.2, 0.25) is 11.8 Å². The molecule has 4 aliphatic heterocycles. The van der Waals surface area contributed by atoms with E-state index in [1.54, 1.807) is 12.0 Å². The van der Waals surface area contributed by atoms with E-state index in [0.717, 1.165) is 30.1 Å². The normalized spacial score (nSPS) is 29.1. The number of fused-ring (bicyclic) bond motifs is 1. The molecule has 4 atom stereocenters. The van der Waals surface area contributed by atoms with E-state index in [2.05, 4.69) is 4.90 Å². The molecule has 2 aromatic rings. The molecular weight excluding hydrogens is 466 g/mol. The van der Waals surface area contributed by atoms with Gasteiger partial charge in [0, 0.05) is 43.4 Å². The Bertz CT molecular complexity index is 1180. The lowest BCUT2D eigenvalue weighted by atomic mass is 9.76. The zero-order valence-corrected chi connectivity index (χ0v) is 20.4. The van der Waals surface area contributed by atoms with Gasteiger partial charge >= 0.3 is 0 Å². The minimum Gasteiger partial charge on any atom is -0.497 e. The average molecular weight is 494 g/mol. The summed E-state index contributed by atoms with van der Waals surface area (Å²) >= 11 is 6.35. The van der Waals surface area contributed by atoms with Crippen LogP contribution in [-0.2, 0) is 20.9 Å². The summed E-state index contributed by atoms with van der Waals surface area (Å²) in [6, 6.07) is 15.5. The maximum atomic E-state index is 13.7. The van der Waals surface area contributed by atoms with Gasteiger partial charge in [-0.25, -0.2) is 0 Å². The summed E-state index contributed by atoms with van der Waals surface area (Å²) in [5.41, 5.74) is 1.30. The highest BCUT2D eigenvalue weighted by Crippen LogP contribution is 2.52. The highest BCUT2D eigenvalue weighted by Gasteiger charge is 2.67. The molecule has 0 aromatic heterocycles. The molecule has 7 nitrogen and oxygen atoms in total. The van der Waals surface area contributed by atoms with Crippen molar-refractivity contribution >= 4 is 29.1 Å². The van der Waals surface area contributed by atoms with E-state index >= 15 is 0 Å². The molecule has 0 radical (unpaired) electrons. The van der Waals surface area contributed by atoms with Gasteiger partial charge in [-0.3, -0.25) is 9.59 Å². The summed E-state index contributed by atoms with van der Waals surface area (Å²) in [4.78, 5) is 33.2. The summed E-state index contributed by atoms with van der Waals surface area (Å²) < 4.78 is 11.6. The first-order valence-corrected chi connectivity index (χ1v) is 12.4. The number of methoxy groups -OCH3 is 1. The summed E-state index contributed by atoms with van der Waals surface area (Å²) in [5.74, 6) is -0.130. The number of amides is 2. The van der Waals surface area contributed by atoms with Crippen LogP contribution in [0.1, 0.15) is 5.56 Å². The molecule has 3 fully saturated rings. The highest BCUT2D eigenvalue weighted by atomic mass is 35.5. The van der Waals surface area contributed by atoms with Crippen molar-refractivity contribution < 1.29 is 19.1 Å². The van der Waals surface area contributed by atoms with Gasteiger partial charge in [-0.15, -0.1) is 0 Å². The molecule has 0 N–H and O–H groups in total. The number of hydrogen-bond donors (Lipinski definition) is 0. The molecule has 8 heteroatoms. The van der Waals surface area contributed by atoms with Crippen molar-refractivity contribution in [1.82, 2.24) is 9.80 Å². The SMILES string of the molecule is COc1ccc(N2CCN(C(=O)C3C4C=CC5(CN(Cc6ccccc6Cl)C(=O)C35)O4)CC2)cc1. The van der Waals surface area contributed by atoms with Crippen LogP contribution in [-0.4, -0.2) is 73.2 Å². The van der Waals surface area contributed by atoms with Crippen LogP contribution >= 0.6 is 11.6 Å². The van der Waals surface area contributed by atoms with Crippen LogP contribution in [0.25, 0.3) is 0 Å². The van der Waals surface area contributed by atoms with Crippen LogP contribution in [0.4, 0.5) is 5.69 Å². The predicted octanol–water partition coefficient (Wildman–Crippen LogP) is 2.98. The molecule has 4 heterocycles. The second-order valence-electron chi connectivity index (χ2n) is 9.70. The van der Waals surface area contributed by atoms with E-state index in [1.807, 2.05) is 65.6 Å². The lowest BCUT2D eigenvalue weighted by molar-refractivity contribution is -0.143. The quantitative estimate of drug-likeness (QED) is 0.599. The molecule has 4 aliphatic rings. The van der Waals surface area contributed by atoms with E-state index in [4.69, 9.17) is 21.1 Å². The third-order valence-corrected chi connectivity index (χ3v) is 8.18. The molecule has 2 bridgehead atoms. The average Bonchev–Trinajstić information content (AvgIpc) is 3.53. The Labute approximate surface area is 209 Å². The molecular formula is C27H28ClN3O4. The molecule has 2 amide bonds. The minimum absolute atomic E-state index is 0.0213. The fourth-order valence-corrected chi connectivity index (χ4v) is 6.21. The fourth-order valence-electron chi connectivity index (χ4n) is 6.02. The number of rotatable bonds is 5. The van der Waals surface area contributed by atoms with Crippen LogP contribution in [0, 0.1) is 11.8 Å². The monoisotopic (exact) mass is 493 g/mol. The van der Waals surface area contributed by atoms with Gasteiger partial charge in [-0.1, -0.05) is 42.0 Å². The molecule has 182 valence electrons. The van der Waals surface area contributed by atoms with E-state index in [0.29, 0.717) is 31.2 Å². The molecule has 3 saturated heterocycles. The summed E-state index contributed by atoms with van der Waals surface area (Å²) in [5, 5.41) is 0.637. The standard InChI is InChI=1S/C27H28ClN3O4/c1-34-20-8-6-19(7-9-20)29-12-14-30(15-13-29)25(32)23-22-10-11-27(35-22)17-31(26(33)24(23)27)16-18-4-2-3-5-21(18)28/h2-11,22-24H,12-17H2,1H3. The number of carbonyl (C=O) groups excluding carboxylic acids is 2. The lowest BCUT2D eigenvalue weighted by Gasteiger charge is -2.38. The zero-order chi connectivity index (χ0) is 24.2. The predicted molar refractivity (Wildman–Crippen MR) is 132 cm³/mol. The topological polar surface area (TPSA) is 62.3 Å². The Balaban J connectivity index is 1.15. The number of hydrogen-bond acceptors (Lipinski definition) is 5. The van der Waals surface area contributed by atoms with Crippen molar-refractivity contribution in [1.29, 1.82) is 0 Å². The van der Waals surface area contributed by atoms with Crippen LogP contribution in [0.5, 0.6) is 5.75 Å². The first-order valence-electron chi connectivity index (χ1n) is 12.1. The van der Waals surface area contributed by atoms with Gasteiger partial charge in [0.15, 0.2) is 0 Å². The van der Waals surface area contributed by atoms with E-state index in [-0.39, 0.29) is 17.9 Å². The van der Waals surface area contributed by atoms with Gasteiger partial charge in [-0.05, 0) is 35.9 Å². The maximum absolute atomic E-state index is 13.7. The molecule has 35 heavy (non-hydrogen) atoms. The number of ether oxygens (including phenoxy) is 2. The first kappa shape index (κ1) is 22.4. The van der Waals surface area contributed by atoms with E-state index < -0.39 is 17.4 Å². The van der Waals surface area contributed by atoms with Crippen LogP contribution in [0.15, 0.2) is 60.7 Å². The maximum Gasteiger partial charge on any atom is 0.230 e. The smallest absolute Gasteiger partial charge is 0.230 e. The zero-order valence-electron chi connectivity index (χ0n) is 19.6. The molecule has 0 aliphatic carbocycles. The van der Waals surface area contributed by atoms with Crippen molar-refractivity contribution in [3.8, 4) is 5.75 Å². The third-order valence-electron chi connectivity index (χ3n) is 7.81. The van der Waals surface area contributed by atoms with Crippen molar-refractivity contribution in [2.45, 2.75) is 18.2 Å². The van der Waals surface area contributed by atoms with Crippen molar-refractivity contribution in [2.24, 2.45) is 11.8 Å². The fraction of sp³-hybridized carbons (Fsp3) is 0.407. The number of halogens is 1. The van der Waals surface area contributed by atoms with E-state index in [1.165, 1.54) is 0 Å². The Kier molecular flexibility index (Phi) is 5.49. The number of benzene rings is 2. The molecule has 6 rings (SSSR count). The molecule has 0 saturated carbocycles. The van der Waals surface area contributed by atoms with Crippen molar-refractivity contribution in [3.05, 3.63) is 71.3 Å². The highest BCUT2D eigenvalue weighted by molar-refractivity contribution is 6.31. The number of anilines is 1. The molecule has 1 spiro atoms. The van der Waals surface area contributed by atoms with Gasteiger partial charge in [0.05, 0.1) is 31.6 Å². The first-order chi connectivity index (χ1) is 17.0. The van der Waals surface area contributed by atoms with Crippen LogP contribution in [0.2, 0.25) is 5.02 Å². The Hall–Kier alpha value is -3.03. The van der Waals surface area contributed by atoms with Crippen molar-refractivity contribution in [2.75, 3.05) is 44.7 Å². The minimum atomic E-state index is -0.714. The number of nitrogens with zero attached hydrogens (tertiary/aromatic N) is 3. The van der Waals surface area contributed by atoms with Crippen LogP contribution < -0.4 is 9.64 Å². The van der Waals surface area contributed by atoms with Gasteiger partial charge in [-0.2, -0.15) is 0 Å². The van der Waals surface area contributed by atoms with Gasteiger partial charge in [0.1, 0.15) is 11.4 Å². The molecule has 4 unspecified atom stereocenters. The summed E-state index contributed by atoms with van der Waals surface area (Å²) in [6.07, 6.45) is 3.63. The Morgan fingerprint density at radius 2 is 1.86 bits per heavy atom. The number of likely N-dealkylation sites (tertiary alicyclic amines) is 1. The molecule has 2 aromatic carbocycles. The van der Waals surface area contributed by atoms with Gasteiger partial charge in [0.25, 0.3) is 0 Å². The summed E-state index contributed by atoms with van der Waals surface area (Å²) in [6.45, 7) is 3.59. The number of carbonyl (C=O) groups is 2. The Morgan fingerprint density at radius 1 is 1.11 bits per heavy atom. The lowest BCUT2D eigenvalue weighted by Crippen LogP contribution is -2.53. The second-order valence-corrected chi connectivity index (χ2v) is 10.1. The van der Waals surface area contributed by atoms with Crippen molar-refractivity contribution in [3.63, 3.8) is 0 Å². The third kappa shape index (κ3) is 3.69. The Morgan fingerprint density at radius 3 is 2.57 bits per heavy atom. The number of piperazine rings is 1. The van der Waals surface area contributed by atoms with Gasteiger partial charge < -0.3 is 24.2 Å². The largest absolute Gasteiger partial charge is 0.497 e. The van der Waals surface area contributed by atoms with E-state index in [9.17, 15) is 9.59 Å². The second kappa shape index (κ2) is 8.57.